The topological polar surface area (TPSA) is 32.5 Å². The summed E-state index contributed by atoms with van der Waals surface area (Å²) < 4.78 is 0. The van der Waals surface area contributed by atoms with Crippen molar-refractivity contribution in [3.8, 4) is 0 Å². The Morgan fingerprint density at radius 1 is 1.05 bits per heavy atom. The number of nitrogens with two attached hydrogens (primary N) is 1. The zero-order valence-corrected chi connectivity index (χ0v) is 11.7. The standard InChI is InChI=1S/C16H25N3/c17-15-12-19(13-15)16-7-4-9-18(10-8-16)11-14-5-2-1-3-6-14/h1-3,5-6,15-16H,4,7-13,17H2. The van der Waals surface area contributed by atoms with Crippen molar-refractivity contribution in [2.75, 3.05) is 26.2 Å². The highest BCUT2D eigenvalue weighted by molar-refractivity contribution is 5.14. The van der Waals surface area contributed by atoms with Gasteiger partial charge in [-0.1, -0.05) is 30.3 Å². The first kappa shape index (κ1) is 13.1. The molecule has 2 N–H and O–H groups in total. The van der Waals surface area contributed by atoms with Crippen LogP contribution in [0.5, 0.6) is 0 Å². The van der Waals surface area contributed by atoms with Crippen molar-refractivity contribution in [1.29, 1.82) is 0 Å². The van der Waals surface area contributed by atoms with Gasteiger partial charge >= 0.3 is 0 Å². The Kier molecular flexibility index (Phi) is 4.16. The zero-order chi connectivity index (χ0) is 13.1. The lowest BCUT2D eigenvalue weighted by atomic mass is 10.0. The molecule has 3 nitrogen and oxygen atoms in total. The summed E-state index contributed by atoms with van der Waals surface area (Å²) >= 11 is 0. The first-order valence-corrected chi connectivity index (χ1v) is 7.57. The fourth-order valence-electron chi connectivity index (χ4n) is 3.35. The second-order valence-electron chi connectivity index (χ2n) is 6.06. The molecule has 2 aliphatic rings. The molecule has 0 saturated carbocycles. The van der Waals surface area contributed by atoms with Gasteiger partial charge in [-0.2, -0.15) is 0 Å². The molecular weight excluding hydrogens is 234 g/mol. The molecule has 1 atom stereocenters. The van der Waals surface area contributed by atoms with E-state index in [1.807, 2.05) is 0 Å². The van der Waals surface area contributed by atoms with Gasteiger partial charge in [0.2, 0.25) is 0 Å². The average Bonchev–Trinajstić information content (AvgIpc) is 2.62. The third kappa shape index (κ3) is 3.35. The Morgan fingerprint density at radius 2 is 1.84 bits per heavy atom. The second-order valence-corrected chi connectivity index (χ2v) is 6.06. The maximum atomic E-state index is 5.89. The summed E-state index contributed by atoms with van der Waals surface area (Å²) in [6.45, 7) is 5.80. The van der Waals surface area contributed by atoms with Gasteiger partial charge in [0.25, 0.3) is 0 Å². The summed E-state index contributed by atoms with van der Waals surface area (Å²) in [7, 11) is 0. The van der Waals surface area contributed by atoms with Crippen LogP contribution in [0.2, 0.25) is 0 Å². The Balaban J connectivity index is 1.50. The molecule has 0 amide bonds. The van der Waals surface area contributed by atoms with Gasteiger partial charge in [0.05, 0.1) is 0 Å². The Labute approximate surface area is 116 Å². The monoisotopic (exact) mass is 259 g/mol. The maximum absolute atomic E-state index is 5.89. The van der Waals surface area contributed by atoms with Gasteiger partial charge in [0.15, 0.2) is 0 Å². The molecule has 0 aromatic heterocycles. The molecule has 3 heteroatoms. The van der Waals surface area contributed by atoms with E-state index < -0.39 is 0 Å². The molecule has 2 saturated heterocycles. The van der Waals surface area contributed by atoms with Crippen LogP contribution in [0.1, 0.15) is 24.8 Å². The third-order valence-corrected chi connectivity index (χ3v) is 4.49. The number of nitrogens with zero attached hydrogens (tertiary/aromatic N) is 2. The fraction of sp³-hybridized carbons (Fsp3) is 0.625. The molecule has 0 spiro atoms. The van der Waals surface area contributed by atoms with E-state index in [0.29, 0.717) is 6.04 Å². The van der Waals surface area contributed by atoms with Gasteiger partial charge in [-0.05, 0) is 37.9 Å². The van der Waals surface area contributed by atoms with Gasteiger partial charge in [-0.3, -0.25) is 9.80 Å². The predicted molar refractivity (Wildman–Crippen MR) is 78.9 cm³/mol. The molecule has 19 heavy (non-hydrogen) atoms. The van der Waals surface area contributed by atoms with E-state index in [1.54, 1.807) is 0 Å². The van der Waals surface area contributed by atoms with Crippen LogP contribution in [0.4, 0.5) is 0 Å². The van der Waals surface area contributed by atoms with Crippen LogP contribution < -0.4 is 5.73 Å². The van der Waals surface area contributed by atoms with Gasteiger partial charge in [0.1, 0.15) is 0 Å². The second kappa shape index (κ2) is 6.04. The molecule has 104 valence electrons. The predicted octanol–water partition coefficient (Wildman–Crippen LogP) is 1.68. The van der Waals surface area contributed by atoms with Crippen LogP contribution in [0.3, 0.4) is 0 Å². The summed E-state index contributed by atoms with van der Waals surface area (Å²) in [5, 5.41) is 0. The van der Waals surface area contributed by atoms with Crippen LogP contribution in [0, 0.1) is 0 Å². The van der Waals surface area contributed by atoms with Crippen molar-refractivity contribution in [3.05, 3.63) is 35.9 Å². The van der Waals surface area contributed by atoms with E-state index in [1.165, 1.54) is 37.9 Å². The molecule has 1 aromatic rings. The lowest BCUT2D eigenvalue weighted by Gasteiger charge is -2.42. The van der Waals surface area contributed by atoms with E-state index in [2.05, 4.69) is 40.1 Å². The first-order valence-electron chi connectivity index (χ1n) is 7.57. The number of likely N-dealkylation sites (tertiary alicyclic amines) is 2. The Bertz CT molecular complexity index is 386. The van der Waals surface area contributed by atoms with Crippen LogP contribution in [-0.2, 0) is 6.54 Å². The highest BCUT2D eigenvalue weighted by atomic mass is 15.3. The molecule has 0 radical (unpaired) electrons. The summed E-state index contributed by atoms with van der Waals surface area (Å²) in [6.07, 6.45) is 3.97. The maximum Gasteiger partial charge on any atom is 0.0297 e. The minimum Gasteiger partial charge on any atom is -0.325 e. The molecule has 2 fully saturated rings. The molecule has 1 unspecified atom stereocenters. The van der Waals surface area contributed by atoms with Crippen molar-refractivity contribution in [2.24, 2.45) is 5.73 Å². The molecule has 2 aliphatic heterocycles. The highest BCUT2D eigenvalue weighted by Crippen LogP contribution is 2.22. The van der Waals surface area contributed by atoms with Gasteiger partial charge in [-0.15, -0.1) is 0 Å². The minimum absolute atomic E-state index is 0.434. The zero-order valence-electron chi connectivity index (χ0n) is 11.7. The minimum atomic E-state index is 0.434. The number of rotatable bonds is 3. The summed E-state index contributed by atoms with van der Waals surface area (Å²) in [6, 6.07) is 12.0. The SMILES string of the molecule is NC1CN(C2CCCN(Cc3ccccc3)CC2)C1. The van der Waals surface area contributed by atoms with Gasteiger partial charge in [-0.25, -0.2) is 0 Å². The van der Waals surface area contributed by atoms with E-state index >= 15 is 0 Å². The van der Waals surface area contributed by atoms with Crippen molar-refractivity contribution in [2.45, 2.75) is 37.9 Å². The molecule has 1 aromatic carbocycles. The Hall–Kier alpha value is -0.900. The smallest absolute Gasteiger partial charge is 0.0297 e. The summed E-state index contributed by atoms with van der Waals surface area (Å²) in [5.41, 5.74) is 7.33. The van der Waals surface area contributed by atoms with Crippen molar-refractivity contribution >= 4 is 0 Å². The normalized spacial score (nSPS) is 26.9. The van der Waals surface area contributed by atoms with Crippen LogP contribution in [0.15, 0.2) is 30.3 Å². The van der Waals surface area contributed by atoms with Crippen molar-refractivity contribution < 1.29 is 0 Å². The number of hydrogen-bond donors (Lipinski definition) is 1. The Morgan fingerprint density at radius 3 is 2.58 bits per heavy atom. The number of hydrogen-bond acceptors (Lipinski definition) is 3. The fourth-order valence-corrected chi connectivity index (χ4v) is 3.35. The highest BCUT2D eigenvalue weighted by Gasteiger charge is 2.30. The van der Waals surface area contributed by atoms with E-state index in [9.17, 15) is 0 Å². The third-order valence-electron chi connectivity index (χ3n) is 4.49. The largest absolute Gasteiger partial charge is 0.325 e. The first-order chi connectivity index (χ1) is 9.31. The van der Waals surface area contributed by atoms with Gasteiger partial charge in [0, 0.05) is 31.7 Å². The van der Waals surface area contributed by atoms with Crippen molar-refractivity contribution in [1.82, 2.24) is 9.80 Å². The van der Waals surface area contributed by atoms with Gasteiger partial charge < -0.3 is 5.73 Å². The summed E-state index contributed by atoms with van der Waals surface area (Å²) in [5.74, 6) is 0. The number of benzene rings is 1. The van der Waals surface area contributed by atoms with Crippen molar-refractivity contribution in [3.63, 3.8) is 0 Å². The summed E-state index contributed by atoms with van der Waals surface area (Å²) in [4.78, 5) is 5.19. The lowest BCUT2D eigenvalue weighted by molar-refractivity contribution is 0.0843. The molecular formula is C16H25N3. The lowest BCUT2D eigenvalue weighted by Crippen LogP contribution is -2.59. The molecule has 3 rings (SSSR count). The molecule has 2 heterocycles. The van der Waals surface area contributed by atoms with E-state index in [0.717, 1.165) is 25.7 Å². The van der Waals surface area contributed by atoms with E-state index in [-0.39, 0.29) is 0 Å². The van der Waals surface area contributed by atoms with E-state index in [4.69, 9.17) is 5.73 Å². The molecule has 0 aliphatic carbocycles. The van der Waals surface area contributed by atoms with Crippen LogP contribution in [0.25, 0.3) is 0 Å². The van der Waals surface area contributed by atoms with Crippen LogP contribution >= 0.6 is 0 Å². The molecule has 0 bridgehead atoms. The average molecular weight is 259 g/mol. The quantitative estimate of drug-likeness (QED) is 0.896. The van der Waals surface area contributed by atoms with Crippen LogP contribution in [-0.4, -0.2) is 48.1 Å².